The minimum atomic E-state index is 0.887. The lowest BCUT2D eigenvalue weighted by Gasteiger charge is -2.06. The van der Waals surface area contributed by atoms with E-state index in [1.807, 2.05) is 12.1 Å². The Morgan fingerprint density at radius 2 is 1.75 bits per heavy atom. The van der Waals surface area contributed by atoms with Gasteiger partial charge < -0.3 is 9.30 Å². The fraction of sp³-hybridized carbons (Fsp3) is 0.176. The molecule has 0 spiro atoms. The fourth-order valence-electron chi connectivity index (χ4n) is 2.58. The maximum absolute atomic E-state index is 5.23. The Kier molecular flexibility index (Phi) is 3.46. The van der Waals surface area contributed by atoms with Gasteiger partial charge in [-0.2, -0.15) is 0 Å². The first-order chi connectivity index (χ1) is 9.61. The van der Waals surface area contributed by atoms with Crippen molar-refractivity contribution in [3.8, 4) is 17.0 Å². The molecule has 2 aromatic carbocycles. The van der Waals surface area contributed by atoms with E-state index in [1.165, 1.54) is 31.3 Å². The average molecular weight is 377 g/mol. The van der Waals surface area contributed by atoms with Crippen molar-refractivity contribution >= 4 is 33.5 Å². The lowest BCUT2D eigenvalue weighted by Crippen LogP contribution is -1.92. The SMILES string of the molecule is COc1ccc(-c2c(I)c3cc(C)ccc3n2C)cc1. The molecule has 3 heteroatoms. The van der Waals surface area contributed by atoms with E-state index in [0.29, 0.717) is 0 Å². The number of ether oxygens (including phenoxy) is 1. The molecule has 0 radical (unpaired) electrons. The van der Waals surface area contributed by atoms with Gasteiger partial charge in [0.25, 0.3) is 0 Å². The van der Waals surface area contributed by atoms with Gasteiger partial charge in [-0.15, -0.1) is 0 Å². The molecule has 20 heavy (non-hydrogen) atoms. The molecule has 0 bridgehead atoms. The summed E-state index contributed by atoms with van der Waals surface area (Å²) in [6.07, 6.45) is 0. The number of fused-ring (bicyclic) bond motifs is 1. The van der Waals surface area contributed by atoms with Crippen LogP contribution in [0.2, 0.25) is 0 Å². The molecule has 0 aliphatic rings. The summed E-state index contributed by atoms with van der Waals surface area (Å²) < 4.78 is 8.79. The van der Waals surface area contributed by atoms with Crippen molar-refractivity contribution < 1.29 is 4.74 Å². The number of benzene rings is 2. The molecule has 0 saturated carbocycles. The Labute approximate surface area is 132 Å². The summed E-state index contributed by atoms with van der Waals surface area (Å²) in [4.78, 5) is 0. The van der Waals surface area contributed by atoms with Gasteiger partial charge >= 0.3 is 0 Å². The van der Waals surface area contributed by atoms with E-state index in [-0.39, 0.29) is 0 Å². The number of halogens is 1. The summed E-state index contributed by atoms with van der Waals surface area (Å²) in [5, 5.41) is 1.32. The van der Waals surface area contributed by atoms with Gasteiger partial charge in [0.2, 0.25) is 0 Å². The molecule has 3 rings (SSSR count). The molecule has 0 saturated heterocycles. The first-order valence-electron chi connectivity index (χ1n) is 6.51. The zero-order valence-corrected chi connectivity index (χ0v) is 13.9. The zero-order valence-electron chi connectivity index (χ0n) is 11.8. The molecule has 0 amide bonds. The lowest BCUT2D eigenvalue weighted by molar-refractivity contribution is 0.415. The topological polar surface area (TPSA) is 14.2 Å². The summed E-state index contributed by atoms with van der Waals surface area (Å²) >= 11 is 2.45. The van der Waals surface area contributed by atoms with E-state index < -0.39 is 0 Å². The Morgan fingerprint density at radius 3 is 2.40 bits per heavy atom. The van der Waals surface area contributed by atoms with Gasteiger partial charge in [-0.3, -0.25) is 0 Å². The van der Waals surface area contributed by atoms with Crippen LogP contribution >= 0.6 is 22.6 Å². The number of methoxy groups -OCH3 is 1. The molecule has 0 aliphatic heterocycles. The van der Waals surface area contributed by atoms with Crippen molar-refractivity contribution in [2.45, 2.75) is 6.92 Å². The maximum atomic E-state index is 5.23. The van der Waals surface area contributed by atoms with Crippen molar-refractivity contribution in [2.75, 3.05) is 7.11 Å². The van der Waals surface area contributed by atoms with E-state index in [2.05, 4.69) is 71.5 Å². The molecule has 3 aromatic rings. The monoisotopic (exact) mass is 377 g/mol. The van der Waals surface area contributed by atoms with Crippen molar-refractivity contribution in [3.05, 3.63) is 51.6 Å². The van der Waals surface area contributed by atoms with Gasteiger partial charge in [0, 0.05) is 21.5 Å². The molecule has 2 nitrogen and oxygen atoms in total. The molecule has 0 fully saturated rings. The van der Waals surface area contributed by atoms with Crippen LogP contribution in [0.3, 0.4) is 0 Å². The number of hydrogen-bond acceptors (Lipinski definition) is 1. The van der Waals surface area contributed by atoms with E-state index in [1.54, 1.807) is 7.11 Å². The van der Waals surface area contributed by atoms with Crippen LogP contribution in [0.1, 0.15) is 5.56 Å². The molecule has 0 unspecified atom stereocenters. The molecular formula is C17H16INO. The highest BCUT2D eigenvalue weighted by atomic mass is 127. The van der Waals surface area contributed by atoms with Crippen LogP contribution in [0, 0.1) is 10.5 Å². The van der Waals surface area contributed by atoms with Crippen molar-refractivity contribution in [1.29, 1.82) is 0 Å². The number of aromatic nitrogens is 1. The van der Waals surface area contributed by atoms with Gasteiger partial charge in [-0.25, -0.2) is 0 Å². The van der Waals surface area contributed by atoms with Gasteiger partial charge in [0.05, 0.1) is 12.8 Å². The summed E-state index contributed by atoms with van der Waals surface area (Å²) in [5.41, 5.74) is 5.04. The van der Waals surface area contributed by atoms with Crippen LogP contribution in [0.15, 0.2) is 42.5 Å². The van der Waals surface area contributed by atoms with E-state index >= 15 is 0 Å². The molecule has 0 N–H and O–H groups in total. The Balaban J connectivity index is 2.24. The highest BCUT2D eigenvalue weighted by Gasteiger charge is 2.14. The van der Waals surface area contributed by atoms with E-state index in [0.717, 1.165) is 5.75 Å². The Morgan fingerprint density at radius 1 is 1.05 bits per heavy atom. The van der Waals surface area contributed by atoms with Crippen LogP contribution in [0.4, 0.5) is 0 Å². The molecule has 102 valence electrons. The molecule has 1 aromatic heterocycles. The van der Waals surface area contributed by atoms with E-state index in [4.69, 9.17) is 4.74 Å². The molecule has 1 heterocycles. The van der Waals surface area contributed by atoms with Crippen LogP contribution in [-0.4, -0.2) is 11.7 Å². The second-order valence-corrected chi connectivity index (χ2v) is 6.05. The third-order valence-corrected chi connectivity index (χ3v) is 4.75. The molecule has 0 aliphatic carbocycles. The van der Waals surface area contributed by atoms with Gasteiger partial charge in [0.1, 0.15) is 5.75 Å². The molecule has 0 atom stereocenters. The summed E-state index contributed by atoms with van der Waals surface area (Å²) in [6.45, 7) is 2.13. The predicted molar refractivity (Wildman–Crippen MR) is 92.4 cm³/mol. The standard InChI is InChI=1S/C17H16INO/c1-11-4-9-15-14(10-11)16(18)17(19(15)2)12-5-7-13(20-3)8-6-12/h4-10H,1-3H3. The Bertz CT molecular complexity index is 772. The maximum Gasteiger partial charge on any atom is 0.118 e. The van der Waals surface area contributed by atoms with Crippen molar-refractivity contribution in [2.24, 2.45) is 7.05 Å². The summed E-state index contributed by atoms with van der Waals surface area (Å²) in [6, 6.07) is 14.9. The quantitative estimate of drug-likeness (QED) is 0.587. The van der Waals surface area contributed by atoms with Crippen molar-refractivity contribution in [3.63, 3.8) is 0 Å². The minimum Gasteiger partial charge on any atom is -0.497 e. The second kappa shape index (κ2) is 5.13. The largest absolute Gasteiger partial charge is 0.497 e. The summed E-state index contributed by atoms with van der Waals surface area (Å²) in [7, 11) is 3.82. The second-order valence-electron chi connectivity index (χ2n) is 4.97. The molecular weight excluding hydrogens is 361 g/mol. The van der Waals surface area contributed by atoms with Crippen LogP contribution < -0.4 is 4.74 Å². The number of nitrogens with zero attached hydrogens (tertiary/aromatic N) is 1. The average Bonchev–Trinajstić information content (AvgIpc) is 2.71. The van der Waals surface area contributed by atoms with Gasteiger partial charge in [0.15, 0.2) is 0 Å². The van der Waals surface area contributed by atoms with Crippen LogP contribution in [-0.2, 0) is 7.05 Å². The number of hydrogen-bond donors (Lipinski definition) is 0. The highest BCUT2D eigenvalue weighted by Crippen LogP contribution is 2.35. The number of aryl methyl sites for hydroxylation is 2. The number of rotatable bonds is 2. The third kappa shape index (κ3) is 2.10. The normalized spacial score (nSPS) is 11.0. The fourth-order valence-corrected chi connectivity index (χ4v) is 3.69. The van der Waals surface area contributed by atoms with Crippen LogP contribution in [0.5, 0.6) is 5.75 Å². The van der Waals surface area contributed by atoms with Gasteiger partial charge in [-0.05, 0) is 71.5 Å². The minimum absolute atomic E-state index is 0.887. The smallest absolute Gasteiger partial charge is 0.118 e. The first kappa shape index (κ1) is 13.5. The zero-order chi connectivity index (χ0) is 14.3. The lowest BCUT2D eigenvalue weighted by atomic mass is 10.1. The summed E-state index contributed by atoms with van der Waals surface area (Å²) in [5.74, 6) is 0.887. The van der Waals surface area contributed by atoms with Crippen molar-refractivity contribution in [1.82, 2.24) is 4.57 Å². The third-order valence-electron chi connectivity index (χ3n) is 3.66. The predicted octanol–water partition coefficient (Wildman–Crippen LogP) is 4.77. The first-order valence-corrected chi connectivity index (χ1v) is 7.58. The Hall–Kier alpha value is -1.49. The van der Waals surface area contributed by atoms with Gasteiger partial charge in [-0.1, -0.05) is 11.6 Å². The van der Waals surface area contributed by atoms with E-state index in [9.17, 15) is 0 Å². The highest BCUT2D eigenvalue weighted by molar-refractivity contribution is 14.1. The van der Waals surface area contributed by atoms with Crippen LogP contribution in [0.25, 0.3) is 22.2 Å².